The lowest BCUT2D eigenvalue weighted by Gasteiger charge is -2.10. The van der Waals surface area contributed by atoms with Crippen molar-refractivity contribution in [2.24, 2.45) is 0 Å². The Kier molecular flexibility index (Phi) is 8.51. The smallest absolute Gasteiger partial charge is 0.251 e. The zero-order chi connectivity index (χ0) is 18.8. The number of rotatable bonds is 10. The summed E-state index contributed by atoms with van der Waals surface area (Å²) in [5.41, 5.74) is 3.05. The van der Waals surface area contributed by atoms with Gasteiger partial charge in [0.05, 0.1) is 7.11 Å². The fourth-order valence-corrected chi connectivity index (χ4v) is 3.14. The molecule has 0 unspecified atom stereocenters. The number of benzene rings is 2. The number of thioether (sulfide) groups is 1. The first-order chi connectivity index (χ1) is 12.7. The van der Waals surface area contributed by atoms with E-state index in [0.29, 0.717) is 5.56 Å². The molecule has 140 valence electrons. The zero-order valence-electron chi connectivity index (χ0n) is 15.8. The second kappa shape index (κ2) is 10.9. The Hall–Kier alpha value is -1.98. The Balaban J connectivity index is 1.83. The number of carbonyl (C=O) groups excluding carboxylic acids is 1. The highest BCUT2D eigenvalue weighted by atomic mass is 32.2. The largest absolute Gasteiger partial charge is 0.496 e. The van der Waals surface area contributed by atoms with Crippen molar-refractivity contribution in [1.29, 1.82) is 0 Å². The number of nitrogens with one attached hydrogen (secondary N) is 2. The number of methoxy groups -OCH3 is 1. The Morgan fingerprint density at radius 1 is 1.08 bits per heavy atom. The van der Waals surface area contributed by atoms with Crippen LogP contribution in [0.3, 0.4) is 0 Å². The fourth-order valence-electron chi connectivity index (χ4n) is 2.60. The molecule has 0 radical (unpaired) electrons. The van der Waals surface area contributed by atoms with E-state index in [9.17, 15) is 4.79 Å². The number of carbonyl (C=O) groups is 1. The lowest BCUT2D eigenvalue weighted by molar-refractivity contribution is 0.0953. The van der Waals surface area contributed by atoms with Crippen LogP contribution in [0, 0.1) is 0 Å². The summed E-state index contributed by atoms with van der Waals surface area (Å²) in [6, 6.07) is 14.0. The Morgan fingerprint density at radius 3 is 2.42 bits per heavy atom. The van der Waals surface area contributed by atoms with Gasteiger partial charge in [-0.25, -0.2) is 0 Å². The fraction of sp³-hybridized carbons (Fsp3) is 0.381. The van der Waals surface area contributed by atoms with E-state index in [1.807, 2.05) is 30.5 Å². The molecular formula is C21H28N2O2S. The van der Waals surface area contributed by atoms with Gasteiger partial charge >= 0.3 is 0 Å². The van der Waals surface area contributed by atoms with Crippen LogP contribution in [-0.2, 0) is 13.1 Å². The topological polar surface area (TPSA) is 50.4 Å². The molecule has 2 aromatic rings. The van der Waals surface area contributed by atoms with E-state index in [4.69, 9.17) is 4.74 Å². The summed E-state index contributed by atoms with van der Waals surface area (Å²) in [6.07, 6.45) is 4.14. The van der Waals surface area contributed by atoms with Crippen molar-refractivity contribution in [2.75, 3.05) is 19.9 Å². The van der Waals surface area contributed by atoms with Crippen molar-refractivity contribution in [3.05, 3.63) is 59.2 Å². The van der Waals surface area contributed by atoms with E-state index in [1.54, 1.807) is 18.9 Å². The average molecular weight is 373 g/mol. The first-order valence-electron chi connectivity index (χ1n) is 8.96. The van der Waals surface area contributed by atoms with Gasteiger partial charge in [0.1, 0.15) is 5.75 Å². The van der Waals surface area contributed by atoms with E-state index in [2.05, 4.69) is 35.8 Å². The van der Waals surface area contributed by atoms with Gasteiger partial charge in [-0.15, -0.1) is 11.8 Å². The molecule has 0 atom stereocenters. The molecule has 0 spiro atoms. The third-order valence-electron chi connectivity index (χ3n) is 4.14. The van der Waals surface area contributed by atoms with Crippen molar-refractivity contribution in [1.82, 2.24) is 10.6 Å². The van der Waals surface area contributed by atoms with E-state index < -0.39 is 0 Å². The van der Waals surface area contributed by atoms with Crippen LogP contribution >= 0.6 is 11.8 Å². The molecule has 0 fully saturated rings. The monoisotopic (exact) mass is 372 g/mol. The molecular weight excluding hydrogens is 344 g/mol. The second-order valence-electron chi connectivity index (χ2n) is 6.10. The van der Waals surface area contributed by atoms with Crippen molar-refractivity contribution < 1.29 is 9.53 Å². The third-order valence-corrected chi connectivity index (χ3v) is 4.92. The quantitative estimate of drug-likeness (QED) is 0.484. The maximum absolute atomic E-state index is 12.0. The molecule has 4 nitrogen and oxygen atoms in total. The van der Waals surface area contributed by atoms with Crippen LogP contribution in [0.1, 0.15) is 41.3 Å². The van der Waals surface area contributed by atoms with Gasteiger partial charge in [0.2, 0.25) is 0 Å². The van der Waals surface area contributed by atoms with Crippen LogP contribution in [0.25, 0.3) is 0 Å². The third kappa shape index (κ3) is 6.07. The summed E-state index contributed by atoms with van der Waals surface area (Å²) < 4.78 is 5.43. The van der Waals surface area contributed by atoms with E-state index >= 15 is 0 Å². The van der Waals surface area contributed by atoms with E-state index in [1.165, 1.54) is 5.56 Å². The van der Waals surface area contributed by atoms with Crippen LogP contribution < -0.4 is 15.4 Å². The van der Waals surface area contributed by atoms with Crippen LogP contribution in [0.2, 0.25) is 0 Å². The molecule has 0 aliphatic carbocycles. The predicted octanol–water partition coefficient (Wildman–Crippen LogP) is 4.24. The summed E-state index contributed by atoms with van der Waals surface area (Å²) in [5, 5.41) is 6.37. The van der Waals surface area contributed by atoms with Gasteiger partial charge in [-0.3, -0.25) is 4.79 Å². The number of hydrogen-bond donors (Lipinski definition) is 2. The van der Waals surface area contributed by atoms with Gasteiger partial charge in [-0.1, -0.05) is 31.5 Å². The van der Waals surface area contributed by atoms with Gasteiger partial charge in [-0.05, 0) is 48.1 Å². The molecule has 0 saturated carbocycles. The highest BCUT2D eigenvalue weighted by molar-refractivity contribution is 7.98. The summed E-state index contributed by atoms with van der Waals surface area (Å²) in [5.74, 6) is 0.911. The molecule has 0 aliphatic rings. The minimum atomic E-state index is -0.000983. The molecule has 2 rings (SSSR count). The Labute approximate surface area is 160 Å². The highest BCUT2D eigenvalue weighted by Crippen LogP contribution is 2.28. The van der Waals surface area contributed by atoms with Crippen molar-refractivity contribution >= 4 is 17.7 Å². The summed E-state index contributed by atoms with van der Waals surface area (Å²) >= 11 is 1.68. The molecule has 0 saturated heterocycles. The van der Waals surface area contributed by atoms with E-state index in [0.717, 1.165) is 48.7 Å². The maximum atomic E-state index is 12.0. The number of unbranched alkanes of at least 4 members (excludes halogenated alkanes) is 1. The van der Waals surface area contributed by atoms with Crippen molar-refractivity contribution in [3.8, 4) is 5.75 Å². The molecule has 26 heavy (non-hydrogen) atoms. The molecule has 0 aliphatic heterocycles. The van der Waals surface area contributed by atoms with Crippen LogP contribution in [-0.4, -0.2) is 25.8 Å². The minimum absolute atomic E-state index is 0.000983. The number of hydrogen-bond acceptors (Lipinski definition) is 4. The highest BCUT2D eigenvalue weighted by Gasteiger charge is 2.05. The molecule has 2 aromatic carbocycles. The zero-order valence-corrected chi connectivity index (χ0v) is 16.6. The molecule has 0 heterocycles. The molecule has 2 N–H and O–H groups in total. The summed E-state index contributed by atoms with van der Waals surface area (Å²) in [6.45, 7) is 4.37. The van der Waals surface area contributed by atoms with Crippen LogP contribution in [0.5, 0.6) is 5.75 Å². The van der Waals surface area contributed by atoms with Crippen LogP contribution in [0.15, 0.2) is 47.4 Å². The van der Waals surface area contributed by atoms with Crippen LogP contribution in [0.4, 0.5) is 0 Å². The van der Waals surface area contributed by atoms with E-state index in [-0.39, 0.29) is 5.91 Å². The maximum Gasteiger partial charge on any atom is 0.251 e. The number of ether oxygens (including phenoxy) is 1. The first kappa shape index (κ1) is 20.3. The van der Waals surface area contributed by atoms with Gasteiger partial charge < -0.3 is 15.4 Å². The van der Waals surface area contributed by atoms with Gasteiger partial charge in [0.15, 0.2) is 0 Å². The Morgan fingerprint density at radius 2 is 1.77 bits per heavy atom. The number of amides is 1. The minimum Gasteiger partial charge on any atom is -0.496 e. The molecule has 1 amide bonds. The summed E-state index contributed by atoms with van der Waals surface area (Å²) in [7, 11) is 1.70. The van der Waals surface area contributed by atoms with Gasteiger partial charge in [-0.2, -0.15) is 0 Å². The normalized spacial score (nSPS) is 10.6. The SMILES string of the molecule is CCCCNC(=O)c1ccc(CNCc2ccc(SC)c(OC)c2)cc1. The predicted molar refractivity (Wildman–Crippen MR) is 109 cm³/mol. The van der Waals surface area contributed by atoms with Gasteiger partial charge in [0.25, 0.3) is 5.91 Å². The molecule has 0 bridgehead atoms. The molecule has 0 aromatic heterocycles. The standard InChI is InChI=1S/C21H28N2O2S/c1-4-5-12-23-21(24)18-9-6-16(7-10-18)14-22-15-17-8-11-20(26-3)19(13-17)25-2/h6-11,13,22H,4-5,12,14-15H2,1-3H3,(H,23,24). The molecule has 5 heteroatoms. The lowest BCUT2D eigenvalue weighted by atomic mass is 10.1. The van der Waals surface area contributed by atoms with Crippen molar-refractivity contribution in [2.45, 2.75) is 37.8 Å². The second-order valence-corrected chi connectivity index (χ2v) is 6.95. The Bertz CT molecular complexity index is 702. The van der Waals surface area contributed by atoms with Gasteiger partial charge in [0, 0.05) is 30.1 Å². The van der Waals surface area contributed by atoms with Crippen molar-refractivity contribution in [3.63, 3.8) is 0 Å². The first-order valence-corrected chi connectivity index (χ1v) is 10.2. The average Bonchev–Trinajstić information content (AvgIpc) is 2.68. The lowest BCUT2D eigenvalue weighted by Crippen LogP contribution is -2.24. The summed E-state index contributed by atoms with van der Waals surface area (Å²) in [4.78, 5) is 13.1.